The van der Waals surface area contributed by atoms with Crippen molar-refractivity contribution in [1.29, 1.82) is 0 Å². The Kier molecular flexibility index (Phi) is 13.3. The molecule has 43 heavy (non-hydrogen) atoms. The van der Waals surface area contributed by atoms with Crippen molar-refractivity contribution in [1.82, 2.24) is 15.0 Å². The molecule has 3 aromatic rings. The number of hydrogen-bond acceptors (Lipinski definition) is 5. The molecule has 5 heterocycles. The van der Waals surface area contributed by atoms with Crippen LogP contribution in [0.1, 0.15) is 39.5 Å². The fraction of sp³-hybridized carbons (Fsp3) is 0.545. The number of rotatable bonds is 10. The number of pyridine rings is 3. The number of nitrogens with one attached hydrogen (secondary N) is 1. The molecule has 0 atom stereocenters. The second-order valence-electron chi connectivity index (χ2n) is 12.7. The lowest BCUT2D eigenvalue weighted by Crippen LogP contribution is -3.00. The van der Waals surface area contributed by atoms with Gasteiger partial charge in [0.1, 0.15) is 0 Å². The van der Waals surface area contributed by atoms with E-state index >= 15 is 0 Å². The highest BCUT2D eigenvalue weighted by Crippen LogP contribution is 2.27. The van der Waals surface area contributed by atoms with Crippen LogP contribution < -0.4 is 63.2 Å². The summed E-state index contributed by atoms with van der Waals surface area (Å²) in [6, 6.07) is 11.7. The Hall–Kier alpha value is -1.77. The van der Waals surface area contributed by atoms with Crippen LogP contribution in [0.5, 0.6) is 0 Å². The standard InChI is InChI=1S/C33H48N7O.2HI/c1-5-7-17-39(3)19-13-37(14-20-39)27-9-11-34-30(23-27)32-25-29(41)26-33(36-32)31-24-28(10-12-35-31)38-15-21-40(4,22-16-38)18-8-6-2;;/h9-12,23-26H,5-8,13-22H2,1-4H3;2*1H/q+1;;/p-1. The number of nitrogens with zero attached hydrogens (tertiary/aromatic N) is 6. The Balaban J connectivity index is 0.00000253. The van der Waals surface area contributed by atoms with E-state index < -0.39 is 0 Å². The minimum Gasteiger partial charge on any atom is -1.00 e. The van der Waals surface area contributed by atoms with Crippen LogP contribution in [0.25, 0.3) is 22.8 Å². The number of piperazine rings is 2. The number of aromatic nitrogens is 3. The number of H-pyrrole nitrogens is 1. The number of anilines is 2. The average Bonchev–Trinajstić information content (AvgIpc) is 3.00. The van der Waals surface area contributed by atoms with E-state index in [-0.39, 0.29) is 53.4 Å². The Morgan fingerprint density at radius 2 is 1.09 bits per heavy atom. The molecule has 0 aliphatic carbocycles. The Labute approximate surface area is 292 Å². The molecule has 0 aromatic carbocycles. The maximum atomic E-state index is 12.8. The first-order chi connectivity index (χ1) is 19.8. The first-order valence-electron chi connectivity index (χ1n) is 15.6. The first kappa shape index (κ1) is 35.7. The normalized spacial score (nSPS) is 17.6. The summed E-state index contributed by atoms with van der Waals surface area (Å²) in [7, 11) is 4.78. The second-order valence-corrected chi connectivity index (χ2v) is 12.7. The summed E-state index contributed by atoms with van der Waals surface area (Å²) in [5.74, 6) is 0. The van der Waals surface area contributed by atoms with Gasteiger partial charge in [-0.2, -0.15) is 0 Å². The van der Waals surface area contributed by atoms with E-state index in [0.29, 0.717) is 0 Å². The van der Waals surface area contributed by atoms with Crippen molar-refractivity contribution in [2.75, 3.05) is 89.3 Å². The number of unbranched alkanes of at least 4 members (excludes halogenated alkanes) is 2. The van der Waals surface area contributed by atoms with Crippen LogP contribution in [-0.2, 0) is 0 Å². The SMILES string of the molecule is CCCC[N+]1(C)CCN(c2ccnc(-c3cc(=O)cc(-c4cc(N5CC[N+](C)(CCCC)CC5)ccn4)[nH]3)c2)CC1.[I-].[I-]. The molecule has 0 spiro atoms. The van der Waals surface area contributed by atoms with Crippen molar-refractivity contribution in [3.8, 4) is 22.8 Å². The summed E-state index contributed by atoms with van der Waals surface area (Å²) < 4.78 is 2.30. The van der Waals surface area contributed by atoms with Crippen molar-refractivity contribution in [2.24, 2.45) is 0 Å². The van der Waals surface area contributed by atoms with Crippen molar-refractivity contribution in [3.63, 3.8) is 0 Å². The molecule has 0 amide bonds. The highest BCUT2D eigenvalue weighted by atomic mass is 127. The Morgan fingerprint density at radius 3 is 1.47 bits per heavy atom. The molecule has 0 radical (unpaired) electrons. The number of halogens is 2. The quantitative estimate of drug-likeness (QED) is 0.203. The topological polar surface area (TPSA) is 65.1 Å². The van der Waals surface area contributed by atoms with Gasteiger partial charge in [-0.25, -0.2) is 0 Å². The smallest absolute Gasteiger partial charge is 0.182 e. The molecular formula is C33H49I2N7O. The average molecular weight is 814 g/mol. The molecule has 2 aliphatic heterocycles. The summed E-state index contributed by atoms with van der Waals surface area (Å²) in [4.78, 5) is 30.5. The van der Waals surface area contributed by atoms with Gasteiger partial charge in [0.05, 0.1) is 102 Å². The van der Waals surface area contributed by atoms with Crippen LogP contribution in [0.3, 0.4) is 0 Å². The fourth-order valence-corrected chi connectivity index (χ4v) is 6.29. The van der Waals surface area contributed by atoms with E-state index in [1.54, 1.807) is 12.1 Å². The molecule has 3 aromatic heterocycles. The van der Waals surface area contributed by atoms with Gasteiger partial charge in [0, 0.05) is 35.9 Å². The Bertz CT molecular complexity index is 1270. The van der Waals surface area contributed by atoms with Gasteiger partial charge in [0.2, 0.25) is 0 Å². The molecule has 5 rings (SSSR count). The monoisotopic (exact) mass is 813 g/mol. The van der Waals surface area contributed by atoms with E-state index in [2.05, 4.69) is 77.0 Å². The molecule has 236 valence electrons. The molecule has 2 saturated heterocycles. The zero-order chi connectivity index (χ0) is 28.9. The number of aromatic amines is 1. The van der Waals surface area contributed by atoms with E-state index in [9.17, 15) is 4.79 Å². The largest absolute Gasteiger partial charge is 1.00 e. The molecule has 0 bridgehead atoms. The Morgan fingerprint density at radius 1 is 0.698 bits per heavy atom. The van der Waals surface area contributed by atoms with E-state index in [0.717, 1.165) is 95.5 Å². The van der Waals surface area contributed by atoms with Crippen LogP contribution in [0, 0.1) is 0 Å². The summed E-state index contributed by atoms with van der Waals surface area (Å²) in [5, 5.41) is 0. The number of hydrogen-bond donors (Lipinski definition) is 1. The van der Waals surface area contributed by atoms with Crippen molar-refractivity contribution in [2.45, 2.75) is 39.5 Å². The van der Waals surface area contributed by atoms with Crippen LogP contribution in [0.15, 0.2) is 53.6 Å². The van der Waals surface area contributed by atoms with Crippen LogP contribution >= 0.6 is 0 Å². The van der Waals surface area contributed by atoms with Crippen molar-refractivity contribution < 1.29 is 56.9 Å². The van der Waals surface area contributed by atoms with Gasteiger partial charge in [0.15, 0.2) is 5.43 Å². The fourth-order valence-electron chi connectivity index (χ4n) is 6.29. The van der Waals surface area contributed by atoms with Crippen molar-refractivity contribution >= 4 is 11.4 Å². The molecule has 10 heteroatoms. The summed E-state index contributed by atoms with van der Waals surface area (Å²) >= 11 is 0. The lowest BCUT2D eigenvalue weighted by Gasteiger charge is -2.43. The van der Waals surface area contributed by atoms with Crippen LogP contribution in [0.2, 0.25) is 0 Å². The second kappa shape index (κ2) is 16.0. The first-order valence-corrected chi connectivity index (χ1v) is 15.6. The van der Waals surface area contributed by atoms with Gasteiger partial charge in [-0.05, 0) is 37.1 Å². The van der Waals surface area contributed by atoms with Gasteiger partial charge in [-0.1, -0.05) is 26.7 Å². The minimum atomic E-state index is -0.0444. The number of likely N-dealkylation sites (N-methyl/N-ethyl adjacent to an activating group) is 2. The zero-order valence-electron chi connectivity index (χ0n) is 26.4. The van der Waals surface area contributed by atoms with Gasteiger partial charge >= 0.3 is 0 Å². The molecule has 2 aliphatic rings. The van der Waals surface area contributed by atoms with Crippen LogP contribution in [0.4, 0.5) is 11.4 Å². The third-order valence-electron chi connectivity index (χ3n) is 9.35. The van der Waals surface area contributed by atoms with Gasteiger partial charge in [-0.3, -0.25) is 14.8 Å². The highest BCUT2D eigenvalue weighted by molar-refractivity contribution is 5.67. The summed E-state index contributed by atoms with van der Waals surface area (Å²) in [6.07, 6.45) is 8.78. The van der Waals surface area contributed by atoms with Crippen LogP contribution in [-0.4, -0.2) is 103 Å². The zero-order valence-corrected chi connectivity index (χ0v) is 30.7. The lowest BCUT2D eigenvalue weighted by atomic mass is 10.1. The van der Waals surface area contributed by atoms with Gasteiger partial charge in [0.25, 0.3) is 0 Å². The van der Waals surface area contributed by atoms with E-state index in [4.69, 9.17) is 0 Å². The molecule has 2 fully saturated rings. The highest BCUT2D eigenvalue weighted by Gasteiger charge is 2.29. The van der Waals surface area contributed by atoms with E-state index in [1.165, 1.54) is 38.8 Å². The summed E-state index contributed by atoms with van der Waals surface area (Å²) in [5.41, 5.74) is 5.30. The predicted molar refractivity (Wildman–Crippen MR) is 169 cm³/mol. The molecule has 0 saturated carbocycles. The lowest BCUT2D eigenvalue weighted by molar-refractivity contribution is -0.910. The van der Waals surface area contributed by atoms with Gasteiger partial charge in [-0.15, -0.1) is 0 Å². The molecular weight excluding hydrogens is 764 g/mol. The van der Waals surface area contributed by atoms with E-state index in [1.807, 2.05) is 12.4 Å². The predicted octanol–water partition coefficient (Wildman–Crippen LogP) is -1.36. The third kappa shape index (κ3) is 9.13. The minimum absolute atomic E-state index is 0. The maximum Gasteiger partial charge on any atom is 0.182 e. The molecule has 8 nitrogen and oxygen atoms in total. The molecule has 1 N–H and O–H groups in total. The van der Waals surface area contributed by atoms with Gasteiger partial charge < -0.3 is 71.7 Å². The maximum absolute atomic E-state index is 12.8. The third-order valence-corrected chi connectivity index (χ3v) is 9.35. The van der Waals surface area contributed by atoms with Crippen molar-refractivity contribution in [3.05, 3.63) is 59.0 Å². The number of quaternary nitrogens is 2. The molecule has 0 unspecified atom stereocenters. The summed E-state index contributed by atoms with van der Waals surface area (Å²) in [6.45, 7) is 15.8.